The Morgan fingerprint density at radius 3 is 2.50 bits per heavy atom. The van der Waals surface area contributed by atoms with E-state index in [4.69, 9.17) is 0 Å². The van der Waals surface area contributed by atoms with E-state index in [-0.39, 0.29) is 11.6 Å². The Kier molecular flexibility index (Phi) is 3.93. The smallest absolute Gasteiger partial charge is 0.308 e. The van der Waals surface area contributed by atoms with E-state index >= 15 is 0 Å². The van der Waals surface area contributed by atoms with Gasteiger partial charge in [-0.15, -0.1) is 0 Å². The zero-order valence-corrected chi connectivity index (χ0v) is 11.2. The van der Waals surface area contributed by atoms with Crippen LogP contribution in [0.5, 0.6) is 0 Å². The SMILES string of the molecule is CC1CNC2(CCCC2)CN1C(C)CC(F)(F)F. The van der Waals surface area contributed by atoms with Gasteiger partial charge >= 0.3 is 6.18 Å². The molecule has 1 aliphatic heterocycles. The fraction of sp³-hybridized carbons (Fsp3) is 1.00. The molecule has 0 bridgehead atoms. The van der Waals surface area contributed by atoms with Crippen molar-refractivity contribution in [3.63, 3.8) is 0 Å². The van der Waals surface area contributed by atoms with Crippen LogP contribution in [0.3, 0.4) is 0 Å². The highest BCUT2D eigenvalue weighted by Crippen LogP contribution is 2.35. The molecule has 2 nitrogen and oxygen atoms in total. The molecule has 1 spiro atoms. The standard InChI is InChI=1S/C13H23F3N2/c1-10(7-13(14,15)16)18-9-12(5-3-4-6-12)17-8-11(18)2/h10-11,17H,3-9H2,1-2H3. The van der Waals surface area contributed by atoms with Crippen LogP contribution >= 0.6 is 0 Å². The fourth-order valence-corrected chi connectivity index (χ4v) is 3.47. The number of nitrogens with one attached hydrogen (secondary N) is 1. The Morgan fingerprint density at radius 2 is 1.94 bits per heavy atom. The Bertz CT molecular complexity index is 284. The van der Waals surface area contributed by atoms with Crippen LogP contribution < -0.4 is 5.32 Å². The lowest BCUT2D eigenvalue weighted by Gasteiger charge is -2.48. The molecule has 18 heavy (non-hydrogen) atoms. The molecule has 2 atom stereocenters. The van der Waals surface area contributed by atoms with E-state index < -0.39 is 18.6 Å². The molecule has 2 unspecified atom stereocenters. The first kappa shape index (κ1) is 14.1. The summed E-state index contributed by atoms with van der Waals surface area (Å²) >= 11 is 0. The van der Waals surface area contributed by atoms with Gasteiger partial charge in [0.25, 0.3) is 0 Å². The van der Waals surface area contributed by atoms with Gasteiger partial charge in [-0.2, -0.15) is 13.2 Å². The van der Waals surface area contributed by atoms with Crippen LogP contribution in [-0.4, -0.2) is 41.8 Å². The number of hydrogen-bond acceptors (Lipinski definition) is 2. The minimum absolute atomic E-state index is 0.0897. The predicted octanol–water partition coefficient (Wildman–Crippen LogP) is 2.93. The van der Waals surface area contributed by atoms with Crippen molar-refractivity contribution in [2.75, 3.05) is 13.1 Å². The summed E-state index contributed by atoms with van der Waals surface area (Å²) in [5, 5.41) is 3.57. The third kappa shape index (κ3) is 3.18. The largest absolute Gasteiger partial charge is 0.390 e. The molecule has 106 valence electrons. The molecule has 1 saturated heterocycles. The molecular formula is C13H23F3N2. The lowest BCUT2D eigenvalue weighted by Crippen LogP contribution is -2.64. The summed E-state index contributed by atoms with van der Waals surface area (Å²) in [5.41, 5.74) is 0.0897. The van der Waals surface area contributed by atoms with Gasteiger partial charge in [0.05, 0.1) is 6.42 Å². The Balaban J connectivity index is 2.01. The highest BCUT2D eigenvalue weighted by atomic mass is 19.4. The summed E-state index contributed by atoms with van der Waals surface area (Å²) in [5.74, 6) is 0. The third-order valence-corrected chi connectivity index (χ3v) is 4.48. The maximum atomic E-state index is 12.5. The molecule has 2 rings (SSSR count). The van der Waals surface area contributed by atoms with E-state index in [1.165, 1.54) is 12.8 Å². The van der Waals surface area contributed by atoms with Crippen LogP contribution in [0.2, 0.25) is 0 Å². The molecule has 0 radical (unpaired) electrons. The third-order valence-electron chi connectivity index (χ3n) is 4.48. The van der Waals surface area contributed by atoms with Gasteiger partial charge in [-0.3, -0.25) is 4.90 Å². The average Bonchev–Trinajstić information content (AvgIpc) is 2.68. The van der Waals surface area contributed by atoms with Crippen molar-refractivity contribution in [2.45, 2.75) is 69.8 Å². The maximum Gasteiger partial charge on any atom is 0.390 e. The van der Waals surface area contributed by atoms with E-state index in [0.717, 1.165) is 25.9 Å². The van der Waals surface area contributed by atoms with Gasteiger partial charge in [0.1, 0.15) is 0 Å². The fourth-order valence-electron chi connectivity index (χ4n) is 3.47. The minimum atomic E-state index is -4.06. The summed E-state index contributed by atoms with van der Waals surface area (Å²) in [6.45, 7) is 5.30. The molecule has 1 aliphatic carbocycles. The quantitative estimate of drug-likeness (QED) is 0.825. The summed E-state index contributed by atoms with van der Waals surface area (Å²) in [4.78, 5) is 2.05. The van der Waals surface area contributed by atoms with Crippen LogP contribution in [0.15, 0.2) is 0 Å². The Morgan fingerprint density at radius 1 is 1.33 bits per heavy atom. The number of rotatable bonds is 2. The molecule has 1 saturated carbocycles. The normalized spacial score (nSPS) is 30.8. The molecule has 2 aliphatic rings. The zero-order valence-electron chi connectivity index (χ0n) is 11.2. The second-order valence-corrected chi connectivity index (χ2v) is 6.06. The van der Waals surface area contributed by atoms with Crippen molar-refractivity contribution in [1.82, 2.24) is 10.2 Å². The Hall–Kier alpha value is -0.290. The topological polar surface area (TPSA) is 15.3 Å². The van der Waals surface area contributed by atoms with E-state index in [2.05, 4.69) is 10.2 Å². The van der Waals surface area contributed by atoms with Crippen molar-refractivity contribution in [1.29, 1.82) is 0 Å². The van der Waals surface area contributed by atoms with E-state index in [1.807, 2.05) is 6.92 Å². The van der Waals surface area contributed by atoms with E-state index in [1.54, 1.807) is 6.92 Å². The second kappa shape index (κ2) is 5.00. The first-order chi connectivity index (χ1) is 8.31. The minimum Gasteiger partial charge on any atom is -0.308 e. The molecule has 0 aromatic carbocycles. The number of piperazine rings is 1. The van der Waals surface area contributed by atoms with Crippen molar-refractivity contribution >= 4 is 0 Å². The highest BCUT2D eigenvalue weighted by Gasteiger charge is 2.43. The van der Waals surface area contributed by atoms with Gasteiger partial charge < -0.3 is 5.32 Å². The second-order valence-electron chi connectivity index (χ2n) is 6.06. The number of halogens is 3. The van der Waals surface area contributed by atoms with E-state index in [9.17, 15) is 13.2 Å². The zero-order chi connectivity index (χ0) is 13.4. The number of hydrogen-bond donors (Lipinski definition) is 1. The maximum absolute atomic E-state index is 12.5. The van der Waals surface area contributed by atoms with Gasteiger partial charge in [-0.25, -0.2) is 0 Å². The lowest BCUT2D eigenvalue weighted by molar-refractivity contribution is -0.150. The average molecular weight is 264 g/mol. The van der Waals surface area contributed by atoms with Gasteiger partial charge in [-0.1, -0.05) is 12.8 Å². The van der Waals surface area contributed by atoms with E-state index in [0.29, 0.717) is 0 Å². The molecule has 0 aromatic heterocycles. The molecular weight excluding hydrogens is 241 g/mol. The van der Waals surface area contributed by atoms with Gasteiger partial charge in [0.15, 0.2) is 0 Å². The van der Waals surface area contributed by atoms with Crippen molar-refractivity contribution in [3.8, 4) is 0 Å². The van der Waals surface area contributed by atoms with Gasteiger partial charge in [0, 0.05) is 30.7 Å². The molecule has 1 heterocycles. The van der Waals surface area contributed by atoms with Crippen molar-refractivity contribution < 1.29 is 13.2 Å². The number of alkyl halides is 3. The van der Waals surface area contributed by atoms with Crippen LogP contribution in [-0.2, 0) is 0 Å². The summed E-state index contributed by atoms with van der Waals surface area (Å²) in [7, 11) is 0. The van der Waals surface area contributed by atoms with Crippen molar-refractivity contribution in [3.05, 3.63) is 0 Å². The molecule has 0 aromatic rings. The molecule has 2 fully saturated rings. The molecule has 0 amide bonds. The predicted molar refractivity (Wildman–Crippen MR) is 65.5 cm³/mol. The summed E-state index contributed by atoms with van der Waals surface area (Å²) in [6, 6.07) is -0.229. The first-order valence-electron chi connectivity index (χ1n) is 6.89. The summed E-state index contributed by atoms with van der Waals surface area (Å²) in [6.07, 6.45) is -0.157. The van der Waals surface area contributed by atoms with Crippen molar-refractivity contribution in [2.24, 2.45) is 0 Å². The monoisotopic (exact) mass is 264 g/mol. The Labute approximate surface area is 107 Å². The molecule has 5 heteroatoms. The molecule has 1 N–H and O–H groups in total. The van der Waals surface area contributed by atoms with Crippen LogP contribution in [0.4, 0.5) is 13.2 Å². The van der Waals surface area contributed by atoms with Crippen LogP contribution in [0.1, 0.15) is 46.0 Å². The van der Waals surface area contributed by atoms with Crippen LogP contribution in [0.25, 0.3) is 0 Å². The highest BCUT2D eigenvalue weighted by molar-refractivity contribution is 5.01. The lowest BCUT2D eigenvalue weighted by atomic mass is 9.91. The van der Waals surface area contributed by atoms with Gasteiger partial charge in [0.2, 0.25) is 0 Å². The van der Waals surface area contributed by atoms with Crippen LogP contribution in [0, 0.1) is 0 Å². The number of nitrogens with zero attached hydrogens (tertiary/aromatic N) is 1. The van der Waals surface area contributed by atoms with Gasteiger partial charge in [-0.05, 0) is 26.7 Å². The summed E-state index contributed by atoms with van der Waals surface area (Å²) < 4.78 is 37.5. The first-order valence-corrected chi connectivity index (χ1v) is 6.89.